The summed E-state index contributed by atoms with van der Waals surface area (Å²) < 4.78 is 42.9. The lowest BCUT2D eigenvalue weighted by Gasteiger charge is -2.17. The second kappa shape index (κ2) is 8.85. The molecule has 9 heteroatoms. The largest absolute Gasteiger partial charge is 0.497 e. The van der Waals surface area contributed by atoms with Crippen molar-refractivity contribution in [1.29, 1.82) is 0 Å². The molecule has 2 aromatic carbocycles. The zero-order valence-corrected chi connectivity index (χ0v) is 18.4. The molecule has 30 heavy (non-hydrogen) atoms. The molecular weight excluding hydrogens is 406 g/mol. The molecule has 0 amide bonds. The molecule has 0 atom stereocenters. The lowest BCUT2D eigenvalue weighted by molar-refractivity contribution is 0.335. The first-order valence-electron chi connectivity index (χ1n) is 9.37. The highest BCUT2D eigenvalue weighted by Crippen LogP contribution is 2.30. The minimum absolute atomic E-state index is 0.00383. The first-order chi connectivity index (χ1) is 14.3. The van der Waals surface area contributed by atoms with E-state index >= 15 is 0 Å². The number of rotatable bonds is 8. The molecule has 0 aliphatic rings. The van der Waals surface area contributed by atoms with Crippen molar-refractivity contribution in [3.8, 4) is 22.9 Å². The molecular formula is C21H25N3O5S. The van der Waals surface area contributed by atoms with Crippen LogP contribution in [0.4, 0.5) is 0 Å². The van der Waals surface area contributed by atoms with Crippen molar-refractivity contribution < 1.29 is 22.4 Å². The van der Waals surface area contributed by atoms with Crippen molar-refractivity contribution in [2.24, 2.45) is 0 Å². The number of methoxy groups -OCH3 is 2. The van der Waals surface area contributed by atoms with E-state index in [2.05, 4.69) is 24.0 Å². The maximum atomic E-state index is 13.1. The van der Waals surface area contributed by atoms with Crippen LogP contribution in [-0.2, 0) is 16.6 Å². The maximum Gasteiger partial charge on any atom is 0.247 e. The molecule has 0 spiro atoms. The van der Waals surface area contributed by atoms with Gasteiger partial charge in [-0.05, 0) is 23.6 Å². The van der Waals surface area contributed by atoms with E-state index in [0.717, 1.165) is 9.87 Å². The van der Waals surface area contributed by atoms with Gasteiger partial charge >= 0.3 is 0 Å². The van der Waals surface area contributed by atoms with Crippen LogP contribution < -0.4 is 9.47 Å². The molecule has 1 heterocycles. The van der Waals surface area contributed by atoms with Crippen LogP contribution in [0.3, 0.4) is 0 Å². The molecule has 0 aliphatic heterocycles. The van der Waals surface area contributed by atoms with E-state index in [1.165, 1.54) is 32.9 Å². The van der Waals surface area contributed by atoms with Gasteiger partial charge in [-0.15, -0.1) is 0 Å². The summed E-state index contributed by atoms with van der Waals surface area (Å²) in [5.41, 5.74) is 2.01. The van der Waals surface area contributed by atoms with Crippen LogP contribution in [0.15, 0.2) is 51.9 Å². The van der Waals surface area contributed by atoms with Crippen LogP contribution in [0.25, 0.3) is 11.4 Å². The van der Waals surface area contributed by atoms with E-state index in [0.29, 0.717) is 17.5 Å². The molecule has 0 bridgehead atoms. The standard InChI is InChI=1S/C21H25N3O5S/c1-14(2)15-6-8-16(9-7-15)21-22-20(29-23-21)13-24(3)30(25,26)19-12-17(27-4)10-11-18(19)28-5/h6-12,14H,13H2,1-5H3. The number of hydrogen-bond acceptors (Lipinski definition) is 7. The SMILES string of the molecule is COc1ccc(OC)c(S(=O)(=O)N(C)Cc2nc(-c3ccc(C(C)C)cc3)no2)c1. The Kier molecular flexibility index (Phi) is 6.42. The highest BCUT2D eigenvalue weighted by molar-refractivity contribution is 7.89. The van der Waals surface area contributed by atoms with E-state index in [1.807, 2.05) is 24.3 Å². The van der Waals surface area contributed by atoms with Gasteiger partial charge in [-0.25, -0.2) is 8.42 Å². The molecule has 0 saturated carbocycles. The Hall–Kier alpha value is -2.91. The monoisotopic (exact) mass is 431 g/mol. The Morgan fingerprint density at radius 2 is 1.77 bits per heavy atom. The van der Waals surface area contributed by atoms with Crippen molar-refractivity contribution in [2.45, 2.75) is 31.2 Å². The van der Waals surface area contributed by atoms with Crippen LogP contribution in [0.1, 0.15) is 31.2 Å². The van der Waals surface area contributed by atoms with Gasteiger partial charge in [-0.1, -0.05) is 43.3 Å². The third kappa shape index (κ3) is 4.47. The third-order valence-electron chi connectivity index (χ3n) is 4.72. The highest BCUT2D eigenvalue weighted by atomic mass is 32.2. The summed E-state index contributed by atoms with van der Waals surface area (Å²) in [5, 5.41) is 3.98. The molecule has 8 nitrogen and oxygen atoms in total. The van der Waals surface area contributed by atoms with Crippen molar-refractivity contribution in [1.82, 2.24) is 14.4 Å². The van der Waals surface area contributed by atoms with Gasteiger partial charge in [0.05, 0.1) is 20.8 Å². The Morgan fingerprint density at radius 1 is 1.07 bits per heavy atom. The smallest absolute Gasteiger partial charge is 0.247 e. The number of aromatic nitrogens is 2. The third-order valence-corrected chi connectivity index (χ3v) is 6.55. The van der Waals surface area contributed by atoms with E-state index in [9.17, 15) is 8.42 Å². The second-order valence-corrected chi connectivity index (χ2v) is 9.08. The molecule has 160 valence electrons. The van der Waals surface area contributed by atoms with Crippen LogP contribution in [0.2, 0.25) is 0 Å². The molecule has 0 radical (unpaired) electrons. The summed E-state index contributed by atoms with van der Waals surface area (Å²) in [7, 11) is 0.438. The number of hydrogen-bond donors (Lipinski definition) is 0. The quantitative estimate of drug-likeness (QED) is 0.537. The molecule has 0 N–H and O–H groups in total. The van der Waals surface area contributed by atoms with Crippen molar-refractivity contribution >= 4 is 10.0 Å². The van der Waals surface area contributed by atoms with Gasteiger partial charge in [0.1, 0.15) is 16.4 Å². The van der Waals surface area contributed by atoms with Crippen LogP contribution in [0.5, 0.6) is 11.5 Å². The van der Waals surface area contributed by atoms with Crippen LogP contribution in [-0.4, -0.2) is 44.1 Å². The Balaban J connectivity index is 1.82. The minimum Gasteiger partial charge on any atom is -0.497 e. The van der Waals surface area contributed by atoms with Crippen molar-refractivity contribution in [3.63, 3.8) is 0 Å². The van der Waals surface area contributed by atoms with E-state index in [1.54, 1.807) is 12.1 Å². The molecule has 0 saturated heterocycles. The van der Waals surface area contributed by atoms with Crippen LogP contribution >= 0.6 is 0 Å². The average molecular weight is 432 g/mol. The predicted molar refractivity (Wildman–Crippen MR) is 112 cm³/mol. The molecule has 3 rings (SSSR count). The maximum absolute atomic E-state index is 13.1. The van der Waals surface area contributed by atoms with Gasteiger partial charge in [0, 0.05) is 18.7 Å². The number of sulfonamides is 1. The Labute approximate surface area is 176 Å². The van der Waals surface area contributed by atoms with Gasteiger partial charge in [-0.2, -0.15) is 9.29 Å². The molecule has 0 aliphatic carbocycles. The topological polar surface area (TPSA) is 94.8 Å². The minimum atomic E-state index is -3.88. The van der Waals surface area contributed by atoms with Gasteiger partial charge in [0.15, 0.2) is 0 Å². The normalized spacial score (nSPS) is 11.8. The average Bonchev–Trinajstić information content (AvgIpc) is 3.21. The fourth-order valence-electron chi connectivity index (χ4n) is 2.88. The number of ether oxygens (including phenoxy) is 2. The summed E-state index contributed by atoms with van der Waals surface area (Å²) in [6.07, 6.45) is 0. The van der Waals surface area contributed by atoms with E-state index in [-0.39, 0.29) is 23.1 Å². The summed E-state index contributed by atoms with van der Waals surface area (Å²) in [6, 6.07) is 12.5. The molecule has 3 aromatic rings. The lowest BCUT2D eigenvalue weighted by atomic mass is 10.0. The second-order valence-electron chi connectivity index (χ2n) is 7.07. The number of benzene rings is 2. The Bertz CT molecular complexity index is 1110. The summed E-state index contributed by atoms with van der Waals surface area (Å²) in [5.74, 6) is 1.65. The number of nitrogens with zero attached hydrogens (tertiary/aromatic N) is 3. The predicted octanol–water partition coefficient (Wildman–Crippen LogP) is 3.70. The van der Waals surface area contributed by atoms with Gasteiger partial charge < -0.3 is 14.0 Å². The van der Waals surface area contributed by atoms with Crippen LogP contribution in [0, 0.1) is 0 Å². The molecule has 0 unspecified atom stereocenters. The van der Waals surface area contributed by atoms with Gasteiger partial charge in [0.25, 0.3) is 0 Å². The molecule has 1 aromatic heterocycles. The van der Waals surface area contributed by atoms with E-state index < -0.39 is 10.0 Å². The molecule has 0 fully saturated rings. The highest BCUT2D eigenvalue weighted by Gasteiger charge is 2.27. The zero-order chi connectivity index (χ0) is 21.9. The summed E-state index contributed by atoms with van der Waals surface area (Å²) in [4.78, 5) is 4.33. The van der Waals surface area contributed by atoms with Gasteiger partial charge in [-0.3, -0.25) is 0 Å². The summed E-state index contributed by atoms with van der Waals surface area (Å²) in [6.45, 7) is 4.16. The first-order valence-corrected chi connectivity index (χ1v) is 10.8. The summed E-state index contributed by atoms with van der Waals surface area (Å²) >= 11 is 0. The fourth-order valence-corrected chi connectivity index (χ4v) is 4.17. The van der Waals surface area contributed by atoms with Gasteiger partial charge in [0.2, 0.25) is 21.7 Å². The lowest BCUT2D eigenvalue weighted by Crippen LogP contribution is -2.27. The fraction of sp³-hybridized carbons (Fsp3) is 0.333. The van der Waals surface area contributed by atoms with E-state index in [4.69, 9.17) is 14.0 Å². The zero-order valence-electron chi connectivity index (χ0n) is 17.6. The first kappa shape index (κ1) is 21.8. The van der Waals surface area contributed by atoms with Crippen molar-refractivity contribution in [3.05, 3.63) is 53.9 Å². The van der Waals surface area contributed by atoms with Crippen molar-refractivity contribution in [2.75, 3.05) is 21.3 Å². The Morgan fingerprint density at radius 3 is 2.37 bits per heavy atom.